The molecular formula is C14H26N2O2. The fraction of sp³-hybridized carbons (Fsp3) is 0.929. The van der Waals surface area contributed by atoms with Gasteiger partial charge < -0.3 is 15.0 Å². The van der Waals surface area contributed by atoms with Gasteiger partial charge in [-0.1, -0.05) is 0 Å². The van der Waals surface area contributed by atoms with Gasteiger partial charge in [0.05, 0.1) is 12.1 Å². The number of carbonyl (C=O) groups is 1. The Hall–Kier alpha value is -0.610. The molecule has 0 aromatic rings. The summed E-state index contributed by atoms with van der Waals surface area (Å²) in [7, 11) is 1.90. The van der Waals surface area contributed by atoms with Crippen LogP contribution in [-0.4, -0.2) is 49.2 Å². The van der Waals surface area contributed by atoms with Crippen molar-refractivity contribution in [2.24, 2.45) is 0 Å². The summed E-state index contributed by atoms with van der Waals surface area (Å²) >= 11 is 0. The monoisotopic (exact) mass is 254 g/mol. The SMILES string of the molecule is CC1CCCC(C(=O)N(C)CC2CCCCO2)N1. The summed E-state index contributed by atoms with van der Waals surface area (Å²) in [6.07, 6.45) is 7.03. The maximum atomic E-state index is 12.3. The first-order chi connectivity index (χ1) is 8.66. The van der Waals surface area contributed by atoms with Gasteiger partial charge in [0.1, 0.15) is 0 Å². The molecule has 0 aromatic heterocycles. The number of nitrogens with zero attached hydrogens (tertiary/aromatic N) is 1. The standard InChI is InChI=1S/C14H26N2O2/c1-11-6-5-8-13(15-11)14(17)16(2)10-12-7-3-4-9-18-12/h11-13,15H,3-10H2,1-2H3. The fourth-order valence-electron chi connectivity index (χ4n) is 2.95. The van der Waals surface area contributed by atoms with Crippen LogP contribution in [0.15, 0.2) is 0 Å². The number of nitrogens with one attached hydrogen (secondary N) is 1. The van der Waals surface area contributed by atoms with Gasteiger partial charge in [0.25, 0.3) is 0 Å². The topological polar surface area (TPSA) is 41.6 Å². The summed E-state index contributed by atoms with van der Waals surface area (Å²) in [5.41, 5.74) is 0. The van der Waals surface area contributed by atoms with E-state index in [2.05, 4.69) is 12.2 Å². The maximum Gasteiger partial charge on any atom is 0.239 e. The number of ether oxygens (including phenoxy) is 1. The smallest absolute Gasteiger partial charge is 0.239 e. The highest BCUT2D eigenvalue weighted by atomic mass is 16.5. The number of hydrogen-bond donors (Lipinski definition) is 1. The minimum atomic E-state index is 0.0161. The normalized spacial score (nSPS) is 33.1. The molecule has 0 spiro atoms. The third kappa shape index (κ3) is 3.69. The van der Waals surface area contributed by atoms with E-state index in [1.165, 1.54) is 12.8 Å². The number of rotatable bonds is 3. The van der Waals surface area contributed by atoms with Crippen LogP contribution in [-0.2, 0) is 9.53 Å². The van der Waals surface area contributed by atoms with Crippen molar-refractivity contribution >= 4 is 5.91 Å². The Bertz CT molecular complexity index is 277. The highest BCUT2D eigenvalue weighted by Crippen LogP contribution is 2.16. The Kier molecular flexibility index (Phi) is 5.01. The molecule has 0 aromatic carbocycles. The Balaban J connectivity index is 1.79. The first-order valence-corrected chi connectivity index (χ1v) is 7.29. The molecule has 104 valence electrons. The molecular weight excluding hydrogens is 228 g/mol. The van der Waals surface area contributed by atoms with Gasteiger partial charge in [-0.3, -0.25) is 4.79 Å². The van der Waals surface area contributed by atoms with Crippen molar-refractivity contribution in [3.05, 3.63) is 0 Å². The molecule has 2 rings (SSSR count). The van der Waals surface area contributed by atoms with E-state index in [9.17, 15) is 4.79 Å². The molecule has 0 bridgehead atoms. The molecule has 3 atom stereocenters. The van der Waals surface area contributed by atoms with Crippen molar-refractivity contribution in [1.29, 1.82) is 0 Å². The van der Waals surface area contributed by atoms with Crippen molar-refractivity contribution in [2.45, 2.75) is 63.6 Å². The van der Waals surface area contributed by atoms with Crippen LogP contribution in [0.5, 0.6) is 0 Å². The fourth-order valence-corrected chi connectivity index (χ4v) is 2.95. The number of likely N-dealkylation sites (N-methyl/N-ethyl adjacent to an activating group) is 1. The lowest BCUT2D eigenvalue weighted by Gasteiger charge is -2.33. The Morgan fingerprint density at radius 2 is 2.11 bits per heavy atom. The van der Waals surface area contributed by atoms with Gasteiger partial charge in [-0.05, 0) is 45.4 Å². The third-order valence-electron chi connectivity index (χ3n) is 4.04. The second kappa shape index (κ2) is 6.53. The van der Waals surface area contributed by atoms with Crippen LogP contribution in [0.25, 0.3) is 0 Å². The lowest BCUT2D eigenvalue weighted by atomic mass is 9.98. The largest absolute Gasteiger partial charge is 0.376 e. The lowest BCUT2D eigenvalue weighted by Crippen LogP contribution is -2.51. The summed E-state index contributed by atoms with van der Waals surface area (Å²) in [5, 5.41) is 3.40. The van der Waals surface area contributed by atoms with Gasteiger partial charge in [-0.2, -0.15) is 0 Å². The average Bonchev–Trinajstić information content (AvgIpc) is 2.39. The highest BCUT2D eigenvalue weighted by molar-refractivity contribution is 5.81. The molecule has 2 aliphatic rings. The van der Waals surface area contributed by atoms with Crippen molar-refractivity contribution in [3.63, 3.8) is 0 Å². The van der Waals surface area contributed by atoms with E-state index < -0.39 is 0 Å². The summed E-state index contributed by atoms with van der Waals surface area (Å²) < 4.78 is 5.69. The predicted molar refractivity (Wildman–Crippen MR) is 71.5 cm³/mol. The molecule has 3 unspecified atom stereocenters. The van der Waals surface area contributed by atoms with E-state index >= 15 is 0 Å². The lowest BCUT2D eigenvalue weighted by molar-refractivity contribution is -0.135. The van der Waals surface area contributed by atoms with Gasteiger partial charge in [-0.15, -0.1) is 0 Å². The second-order valence-electron chi connectivity index (χ2n) is 5.76. The minimum absolute atomic E-state index is 0.0161. The zero-order valence-electron chi connectivity index (χ0n) is 11.7. The summed E-state index contributed by atoms with van der Waals surface area (Å²) in [6.45, 7) is 3.75. The number of hydrogen-bond acceptors (Lipinski definition) is 3. The molecule has 0 aliphatic carbocycles. The minimum Gasteiger partial charge on any atom is -0.376 e. The number of carbonyl (C=O) groups excluding carboxylic acids is 1. The van der Waals surface area contributed by atoms with E-state index in [1.54, 1.807) is 0 Å². The van der Waals surface area contributed by atoms with Crippen LogP contribution in [0.2, 0.25) is 0 Å². The predicted octanol–water partition coefficient (Wildman–Crippen LogP) is 1.54. The van der Waals surface area contributed by atoms with Crippen LogP contribution >= 0.6 is 0 Å². The zero-order valence-corrected chi connectivity index (χ0v) is 11.7. The van der Waals surface area contributed by atoms with Crippen LogP contribution in [0.1, 0.15) is 45.4 Å². The first kappa shape index (κ1) is 13.8. The number of amides is 1. The Labute approximate surface area is 110 Å². The molecule has 18 heavy (non-hydrogen) atoms. The molecule has 2 aliphatic heterocycles. The Morgan fingerprint density at radius 1 is 1.28 bits per heavy atom. The van der Waals surface area contributed by atoms with E-state index in [0.717, 1.165) is 38.8 Å². The van der Waals surface area contributed by atoms with E-state index in [1.807, 2.05) is 11.9 Å². The average molecular weight is 254 g/mol. The zero-order chi connectivity index (χ0) is 13.0. The number of piperidine rings is 1. The van der Waals surface area contributed by atoms with Crippen LogP contribution in [0.3, 0.4) is 0 Å². The van der Waals surface area contributed by atoms with Gasteiger partial charge in [-0.25, -0.2) is 0 Å². The Morgan fingerprint density at radius 3 is 2.78 bits per heavy atom. The molecule has 4 heteroatoms. The van der Waals surface area contributed by atoms with Gasteiger partial charge in [0, 0.05) is 26.2 Å². The first-order valence-electron chi connectivity index (χ1n) is 7.29. The van der Waals surface area contributed by atoms with Crippen molar-refractivity contribution in [2.75, 3.05) is 20.2 Å². The van der Waals surface area contributed by atoms with Gasteiger partial charge >= 0.3 is 0 Å². The molecule has 2 saturated heterocycles. The molecule has 0 saturated carbocycles. The van der Waals surface area contributed by atoms with Gasteiger partial charge in [0.2, 0.25) is 5.91 Å². The van der Waals surface area contributed by atoms with E-state index in [-0.39, 0.29) is 18.1 Å². The maximum absolute atomic E-state index is 12.3. The van der Waals surface area contributed by atoms with Crippen molar-refractivity contribution in [3.8, 4) is 0 Å². The summed E-state index contributed by atoms with van der Waals surface area (Å²) in [5.74, 6) is 0.232. The van der Waals surface area contributed by atoms with Crippen molar-refractivity contribution in [1.82, 2.24) is 10.2 Å². The highest BCUT2D eigenvalue weighted by Gasteiger charge is 2.28. The summed E-state index contributed by atoms with van der Waals surface area (Å²) in [4.78, 5) is 14.2. The van der Waals surface area contributed by atoms with E-state index in [4.69, 9.17) is 4.74 Å². The molecule has 4 nitrogen and oxygen atoms in total. The van der Waals surface area contributed by atoms with Crippen LogP contribution < -0.4 is 5.32 Å². The second-order valence-corrected chi connectivity index (χ2v) is 5.76. The molecule has 2 fully saturated rings. The van der Waals surface area contributed by atoms with Crippen LogP contribution in [0, 0.1) is 0 Å². The molecule has 2 heterocycles. The van der Waals surface area contributed by atoms with Crippen LogP contribution in [0.4, 0.5) is 0 Å². The molecule has 0 radical (unpaired) electrons. The quantitative estimate of drug-likeness (QED) is 0.831. The van der Waals surface area contributed by atoms with Crippen molar-refractivity contribution < 1.29 is 9.53 Å². The van der Waals surface area contributed by atoms with Gasteiger partial charge in [0.15, 0.2) is 0 Å². The molecule has 1 N–H and O–H groups in total. The molecule has 1 amide bonds. The third-order valence-corrected chi connectivity index (χ3v) is 4.04. The van der Waals surface area contributed by atoms with E-state index in [0.29, 0.717) is 6.04 Å². The summed E-state index contributed by atoms with van der Waals surface area (Å²) in [6, 6.07) is 0.481.